The molecule has 5 nitrogen and oxygen atoms in total. The van der Waals surface area contributed by atoms with E-state index in [4.69, 9.17) is 10.5 Å². The Hall–Kier alpha value is -1.62. The number of carbonyl (C=O) groups excluding carboxylic acids is 1. The second-order valence-corrected chi connectivity index (χ2v) is 5.19. The molecule has 1 unspecified atom stereocenters. The van der Waals surface area contributed by atoms with Gasteiger partial charge in [0, 0.05) is 18.7 Å². The number of carbonyl (C=O) groups is 1. The summed E-state index contributed by atoms with van der Waals surface area (Å²) in [4.78, 5) is 16.4. The molecule has 0 fully saturated rings. The van der Waals surface area contributed by atoms with E-state index in [9.17, 15) is 4.79 Å². The fourth-order valence-corrected chi connectivity index (χ4v) is 2.00. The van der Waals surface area contributed by atoms with E-state index in [-0.39, 0.29) is 5.91 Å². The average molecular weight is 293 g/mol. The van der Waals surface area contributed by atoms with Gasteiger partial charge < -0.3 is 15.8 Å². The van der Waals surface area contributed by atoms with Crippen molar-refractivity contribution in [2.45, 2.75) is 52.6 Å². The normalized spacial score (nSPS) is 12.0. The maximum atomic E-state index is 12.0. The van der Waals surface area contributed by atoms with Crippen LogP contribution in [0.3, 0.4) is 0 Å². The van der Waals surface area contributed by atoms with Gasteiger partial charge in [0.1, 0.15) is 5.75 Å². The predicted octanol–water partition coefficient (Wildman–Crippen LogP) is 1.96. The Morgan fingerprint density at radius 2 is 2.19 bits per heavy atom. The highest BCUT2D eigenvalue weighted by Gasteiger charge is 2.16. The van der Waals surface area contributed by atoms with Crippen molar-refractivity contribution in [1.29, 1.82) is 0 Å². The third-order valence-electron chi connectivity index (χ3n) is 3.21. The largest absolute Gasteiger partial charge is 0.479 e. The maximum Gasteiger partial charge on any atom is 0.260 e. The van der Waals surface area contributed by atoms with E-state index >= 15 is 0 Å². The number of aromatic nitrogens is 1. The number of unbranched alkanes of at least 4 members (excludes halogenated alkanes) is 2. The van der Waals surface area contributed by atoms with E-state index in [0.29, 0.717) is 25.3 Å². The topological polar surface area (TPSA) is 77.2 Å². The molecule has 5 heteroatoms. The zero-order valence-electron chi connectivity index (χ0n) is 13.3. The molecule has 1 aromatic rings. The third-order valence-corrected chi connectivity index (χ3v) is 3.21. The lowest BCUT2D eigenvalue weighted by Crippen LogP contribution is -2.37. The van der Waals surface area contributed by atoms with Crippen LogP contribution in [-0.4, -0.2) is 30.1 Å². The van der Waals surface area contributed by atoms with Crippen molar-refractivity contribution >= 4 is 5.91 Å². The number of aryl methyl sites for hydroxylation is 1. The molecule has 1 rings (SSSR count). The van der Waals surface area contributed by atoms with E-state index in [1.54, 1.807) is 6.92 Å². The standard InChI is InChI=1S/C16H27N3O2/c1-4-5-6-11-18-16(20)13(3)21-15-8-7-12(2)19-14(15)9-10-17/h7-8,13H,4-6,9-11,17H2,1-3H3,(H,18,20). The highest BCUT2D eigenvalue weighted by molar-refractivity contribution is 5.80. The summed E-state index contributed by atoms with van der Waals surface area (Å²) in [6, 6.07) is 3.73. The molecule has 0 bridgehead atoms. The van der Waals surface area contributed by atoms with E-state index in [1.165, 1.54) is 0 Å². The lowest BCUT2D eigenvalue weighted by molar-refractivity contribution is -0.127. The van der Waals surface area contributed by atoms with E-state index in [0.717, 1.165) is 30.7 Å². The van der Waals surface area contributed by atoms with Crippen molar-refractivity contribution in [3.05, 3.63) is 23.5 Å². The first kappa shape index (κ1) is 17.4. The molecular formula is C16H27N3O2. The molecule has 0 aliphatic carbocycles. The molecule has 0 radical (unpaired) electrons. The van der Waals surface area contributed by atoms with Gasteiger partial charge in [-0.2, -0.15) is 0 Å². The molecule has 0 saturated carbocycles. The number of hydrogen-bond acceptors (Lipinski definition) is 4. The van der Waals surface area contributed by atoms with Crippen molar-refractivity contribution < 1.29 is 9.53 Å². The summed E-state index contributed by atoms with van der Waals surface area (Å²) in [7, 11) is 0. The summed E-state index contributed by atoms with van der Waals surface area (Å²) in [6.07, 6.45) is 3.37. The zero-order valence-corrected chi connectivity index (χ0v) is 13.3. The second kappa shape index (κ2) is 9.34. The Bertz CT molecular complexity index is 449. The molecule has 21 heavy (non-hydrogen) atoms. The second-order valence-electron chi connectivity index (χ2n) is 5.19. The van der Waals surface area contributed by atoms with Gasteiger partial charge in [0.15, 0.2) is 6.10 Å². The molecular weight excluding hydrogens is 266 g/mol. The molecule has 0 aliphatic rings. The maximum absolute atomic E-state index is 12.0. The molecule has 0 saturated heterocycles. The Labute approximate surface area is 127 Å². The first-order valence-electron chi connectivity index (χ1n) is 7.69. The van der Waals surface area contributed by atoms with Crippen molar-refractivity contribution in [3.8, 4) is 5.75 Å². The molecule has 1 amide bonds. The SMILES string of the molecule is CCCCCNC(=O)C(C)Oc1ccc(C)nc1CCN. The van der Waals surface area contributed by atoms with Gasteiger partial charge in [0.05, 0.1) is 5.69 Å². The quantitative estimate of drug-likeness (QED) is 0.682. The minimum atomic E-state index is -0.535. The summed E-state index contributed by atoms with van der Waals surface area (Å²) < 4.78 is 5.74. The van der Waals surface area contributed by atoms with Gasteiger partial charge in [-0.1, -0.05) is 19.8 Å². The third kappa shape index (κ3) is 6.12. The lowest BCUT2D eigenvalue weighted by atomic mass is 10.2. The van der Waals surface area contributed by atoms with Gasteiger partial charge in [0.2, 0.25) is 0 Å². The summed E-state index contributed by atoms with van der Waals surface area (Å²) >= 11 is 0. The number of nitrogens with zero attached hydrogens (tertiary/aromatic N) is 1. The van der Waals surface area contributed by atoms with Crippen LogP contribution in [0.15, 0.2) is 12.1 Å². The van der Waals surface area contributed by atoms with Crippen LogP contribution in [0.2, 0.25) is 0 Å². The average Bonchev–Trinajstić information content (AvgIpc) is 2.46. The van der Waals surface area contributed by atoms with Crippen molar-refractivity contribution in [2.24, 2.45) is 5.73 Å². The zero-order chi connectivity index (χ0) is 15.7. The lowest BCUT2D eigenvalue weighted by Gasteiger charge is -2.17. The Morgan fingerprint density at radius 3 is 2.86 bits per heavy atom. The molecule has 1 heterocycles. The molecule has 0 spiro atoms. The number of nitrogens with two attached hydrogens (primary N) is 1. The minimum Gasteiger partial charge on any atom is -0.479 e. The van der Waals surface area contributed by atoms with Gasteiger partial charge in [0.25, 0.3) is 5.91 Å². The Balaban J connectivity index is 2.57. The van der Waals surface area contributed by atoms with Crippen LogP contribution < -0.4 is 15.8 Å². The van der Waals surface area contributed by atoms with Crippen LogP contribution in [0.25, 0.3) is 0 Å². The fourth-order valence-electron chi connectivity index (χ4n) is 2.00. The number of nitrogens with one attached hydrogen (secondary N) is 1. The van der Waals surface area contributed by atoms with Crippen LogP contribution in [0.5, 0.6) is 5.75 Å². The monoisotopic (exact) mass is 293 g/mol. The van der Waals surface area contributed by atoms with Gasteiger partial charge in [-0.3, -0.25) is 9.78 Å². The van der Waals surface area contributed by atoms with Gasteiger partial charge >= 0.3 is 0 Å². The highest BCUT2D eigenvalue weighted by Crippen LogP contribution is 2.18. The summed E-state index contributed by atoms with van der Waals surface area (Å²) in [5.74, 6) is 0.549. The van der Waals surface area contributed by atoms with Crippen LogP contribution in [0.4, 0.5) is 0 Å². The number of pyridine rings is 1. The molecule has 1 aromatic heterocycles. The Kier molecular flexibility index (Phi) is 7.75. The summed E-state index contributed by atoms with van der Waals surface area (Å²) in [6.45, 7) is 7.01. The first-order chi connectivity index (χ1) is 10.1. The first-order valence-corrected chi connectivity index (χ1v) is 7.69. The van der Waals surface area contributed by atoms with Crippen LogP contribution in [0.1, 0.15) is 44.5 Å². The molecule has 118 valence electrons. The van der Waals surface area contributed by atoms with E-state index in [2.05, 4.69) is 17.2 Å². The predicted molar refractivity (Wildman–Crippen MR) is 84.4 cm³/mol. The number of ether oxygens (including phenoxy) is 1. The number of rotatable bonds is 9. The highest BCUT2D eigenvalue weighted by atomic mass is 16.5. The van der Waals surface area contributed by atoms with Crippen LogP contribution in [-0.2, 0) is 11.2 Å². The van der Waals surface area contributed by atoms with Crippen LogP contribution in [0, 0.1) is 6.92 Å². The van der Waals surface area contributed by atoms with Gasteiger partial charge in [-0.25, -0.2) is 0 Å². The summed E-state index contributed by atoms with van der Waals surface area (Å²) in [5, 5.41) is 2.89. The number of hydrogen-bond donors (Lipinski definition) is 2. The summed E-state index contributed by atoms with van der Waals surface area (Å²) in [5.41, 5.74) is 7.32. The van der Waals surface area contributed by atoms with Crippen LogP contribution >= 0.6 is 0 Å². The van der Waals surface area contributed by atoms with Crippen molar-refractivity contribution in [3.63, 3.8) is 0 Å². The van der Waals surface area contributed by atoms with Gasteiger partial charge in [-0.15, -0.1) is 0 Å². The molecule has 1 atom stereocenters. The Morgan fingerprint density at radius 1 is 1.43 bits per heavy atom. The molecule has 0 aromatic carbocycles. The number of amides is 1. The van der Waals surface area contributed by atoms with E-state index in [1.807, 2.05) is 19.1 Å². The molecule has 0 aliphatic heterocycles. The smallest absolute Gasteiger partial charge is 0.260 e. The fraction of sp³-hybridized carbons (Fsp3) is 0.625. The van der Waals surface area contributed by atoms with E-state index < -0.39 is 6.10 Å². The van der Waals surface area contributed by atoms with Crippen molar-refractivity contribution in [2.75, 3.05) is 13.1 Å². The van der Waals surface area contributed by atoms with Gasteiger partial charge in [-0.05, 0) is 38.9 Å². The molecule has 3 N–H and O–H groups in total. The van der Waals surface area contributed by atoms with Crippen molar-refractivity contribution in [1.82, 2.24) is 10.3 Å². The minimum absolute atomic E-state index is 0.0922.